The van der Waals surface area contributed by atoms with Gasteiger partial charge in [0.05, 0.1) is 19.1 Å². The first-order valence-electron chi connectivity index (χ1n) is 6.28. The number of alkyl halides is 2. The Kier molecular flexibility index (Phi) is 5.88. The van der Waals surface area contributed by atoms with Crippen molar-refractivity contribution in [2.24, 2.45) is 0 Å². The van der Waals surface area contributed by atoms with E-state index in [9.17, 15) is 13.6 Å². The van der Waals surface area contributed by atoms with Crippen LogP contribution in [0.2, 0.25) is 0 Å². The lowest BCUT2D eigenvalue weighted by Crippen LogP contribution is -2.41. The van der Waals surface area contributed by atoms with Gasteiger partial charge in [-0.1, -0.05) is 19.1 Å². The Balaban J connectivity index is 2.93. The lowest BCUT2D eigenvalue weighted by atomic mass is 9.88. The largest absolute Gasteiger partial charge is 0.469 e. The highest BCUT2D eigenvalue weighted by Crippen LogP contribution is 2.27. The number of ether oxygens (including phenoxy) is 2. The first-order chi connectivity index (χ1) is 9.41. The van der Waals surface area contributed by atoms with Crippen molar-refractivity contribution in [2.45, 2.75) is 32.4 Å². The molecule has 4 nitrogen and oxygen atoms in total. The van der Waals surface area contributed by atoms with Crippen molar-refractivity contribution in [2.75, 3.05) is 13.7 Å². The maximum Gasteiger partial charge on any atom is 0.387 e. The molecule has 1 rings (SSSR count). The summed E-state index contributed by atoms with van der Waals surface area (Å²) in [4.78, 5) is 11.5. The fraction of sp³-hybridized carbons (Fsp3) is 0.500. The first-order valence-corrected chi connectivity index (χ1v) is 6.28. The van der Waals surface area contributed by atoms with E-state index in [0.29, 0.717) is 6.54 Å². The van der Waals surface area contributed by atoms with E-state index in [-0.39, 0.29) is 18.1 Å². The van der Waals surface area contributed by atoms with Crippen LogP contribution >= 0.6 is 0 Å². The van der Waals surface area contributed by atoms with Crippen LogP contribution in [0.5, 0.6) is 5.75 Å². The highest BCUT2D eigenvalue weighted by atomic mass is 19.3. The minimum absolute atomic E-state index is 0.0840. The molecule has 0 spiro atoms. The van der Waals surface area contributed by atoms with E-state index in [1.54, 1.807) is 12.1 Å². The predicted octanol–water partition coefficient (Wildman–Crippen LogP) is 2.68. The summed E-state index contributed by atoms with van der Waals surface area (Å²) in [6.07, 6.45) is 0.145. The fourth-order valence-corrected chi connectivity index (χ4v) is 2.02. The third-order valence-corrected chi connectivity index (χ3v) is 3.01. The van der Waals surface area contributed by atoms with Gasteiger partial charge < -0.3 is 14.8 Å². The van der Waals surface area contributed by atoms with Crippen LogP contribution in [-0.4, -0.2) is 26.2 Å². The Morgan fingerprint density at radius 2 is 1.95 bits per heavy atom. The second-order valence-corrected chi connectivity index (χ2v) is 4.52. The van der Waals surface area contributed by atoms with Crippen LogP contribution in [0.15, 0.2) is 24.3 Å². The second-order valence-electron chi connectivity index (χ2n) is 4.52. The number of esters is 1. The van der Waals surface area contributed by atoms with Crippen LogP contribution in [0, 0.1) is 0 Å². The van der Waals surface area contributed by atoms with Crippen LogP contribution in [-0.2, 0) is 15.1 Å². The van der Waals surface area contributed by atoms with Gasteiger partial charge in [0.1, 0.15) is 5.75 Å². The molecule has 6 heteroatoms. The van der Waals surface area contributed by atoms with Crippen LogP contribution in [0.25, 0.3) is 0 Å². The standard InChI is InChI=1S/C14H19F2NO3/c1-4-17-14(2,9-12(18)19-3)10-5-7-11(8-6-10)20-13(15)16/h5-8,13,17H,4,9H2,1-3H3. The molecule has 0 amide bonds. The summed E-state index contributed by atoms with van der Waals surface area (Å²) < 4.78 is 33.2. The van der Waals surface area contributed by atoms with E-state index in [4.69, 9.17) is 0 Å². The van der Waals surface area contributed by atoms with Crippen molar-refractivity contribution in [3.8, 4) is 5.75 Å². The Hall–Kier alpha value is -1.69. The maximum atomic E-state index is 12.1. The molecule has 1 N–H and O–H groups in total. The van der Waals surface area contributed by atoms with Crippen molar-refractivity contribution in [1.29, 1.82) is 0 Å². The number of halogens is 2. The lowest BCUT2D eigenvalue weighted by Gasteiger charge is -2.30. The highest BCUT2D eigenvalue weighted by Gasteiger charge is 2.29. The van der Waals surface area contributed by atoms with E-state index in [0.717, 1.165) is 5.56 Å². The molecule has 0 bridgehead atoms. The first kappa shape index (κ1) is 16.4. The molecule has 0 fully saturated rings. The van der Waals surface area contributed by atoms with Gasteiger partial charge in [-0.05, 0) is 31.2 Å². The molecule has 0 heterocycles. The minimum atomic E-state index is -2.85. The molecule has 0 aliphatic carbocycles. The van der Waals surface area contributed by atoms with E-state index < -0.39 is 12.2 Å². The number of methoxy groups -OCH3 is 1. The Morgan fingerprint density at radius 1 is 1.35 bits per heavy atom. The Labute approximate surface area is 117 Å². The maximum absolute atomic E-state index is 12.1. The van der Waals surface area contributed by atoms with Gasteiger partial charge in [-0.15, -0.1) is 0 Å². The van der Waals surface area contributed by atoms with E-state index in [2.05, 4.69) is 14.8 Å². The normalized spacial score (nSPS) is 13.9. The molecule has 0 saturated carbocycles. The molecule has 0 radical (unpaired) electrons. The monoisotopic (exact) mass is 287 g/mol. The third kappa shape index (κ3) is 4.45. The molecule has 1 aromatic rings. The molecule has 112 valence electrons. The van der Waals surface area contributed by atoms with Gasteiger partial charge in [0.2, 0.25) is 0 Å². The summed E-state index contributed by atoms with van der Waals surface area (Å²) >= 11 is 0. The molecule has 20 heavy (non-hydrogen) atoms. The average Bonchev–Trinajstić information content (AvgIpc) is 2.38. The summed E-state index contributed by atoms with van der Waals surface area (Å²) in [5, 5.41) is 3.21. The third-order valence-electron chi connectivity index (χ3n) is 3.01. The molecule has 1 unspecified atom stereocenters. The van der Waals surface area contributed by atoms with Gasteiger partial charge >= 0.3 is 12.6 Å². The summed E-state index contributed by atoms with van der Waals surface area (Å²) in [7, 11) is 1.33. The number of carbonyl (C=O) groups is 1. The number of carbonyl (C=O) groups excluding carboxylic acids is 1. The zero-order chi connectivity index (χ0) is 15.2. The Bertz CT molecular complexity index is 437. The van der Waals surface area contributed by atoms with E-state index in [1.165, 1.54) is 19.2 Å². The number of rotatable bonds is 7. The van der Waals surface area contributed by atoms with Gasteiger partial charge in [0.15, 0.2) is 0 Å². The van der Waals surface area contributed by atoms with Crippen molar-refractivity contribution in [3.63, 3.8) is 0 Å². The van der Waals surface area contributed by atoms with Gasteiger partial charge in [-0.25, -0.2) is 0 Å². The molecule has 1 atom stereocenters. The molecule has 0 aliphatic rings. The van der Waals surface area contributed by atoms with Crippen molar-refractivity contribution in [3.05, 3.63) is 29.8 Å². The van der Waals surface area contributed by atoms with Gasteiger partial charge in [0.25, 0.3) is 0 Å². The molecule has 0 saturated heterocycles. The number of nitrogens with one attached hydrogen (secondary N) is 1. The smallest absolute Gasteiger partial charge is 0.387 e. The fourth-order valence-electron chi connectivity index (χ4n) is 2.02. The molecular weight excluding hydrogens is 268 g/mol. The van der Waals surface area contributed by atoms with Crippen LogP contribution < -0.4 is 10.1 Å². The second kappa shape index (κ2) is 7.19. The molecular formula is C14H19F2NO3. The quantitative estimate of drug-likeness (QED) is 0.783. The van der Waals surface area contributed by atoms with Gasteiger partial charge in [-0.3, -0.25) is 4.79 Å². The lowest BCUT2D eigenvalue weighted by molar-refractivity contribution is -0.142. The van der Waals surface area contributed by atoms with Crippen LogP contribution in [0.1, 0.15) is 25.8 Å². The molecule has 1 aromatic carbocycles. The number of benzene rings is 1. The van der Waals surface area contributed by atoms with Crippen molar-refractivity contribution < 1.29 is 23.0 Å². The summed E-state index contributed by atoms with van der Waals surface area (Å²) in [5.41, 5.74) is 0.178. The summed E-state index contributed by atoms with van der Waals surface area (Å²) in [6, 6.07) is 6.22. The number of hydrogen-bond donors (Lipinski definition) is 1. The SMILES string of the molecule is CCNC(C)(CC(=O)OC)c1ccc(OC(F)F)cc1. The van der Waals surface area contributed by atoms with Crippen molar-refractivity contribution in [1.82, 2.24) is 5.32 Å². The summed E-state index contributed by atoms with van der Waals surface area (Å²) in [6.45, 7) is 1.58. The Morgan fingerprint density at radius 3 is 2.40 bits per heavy atom. The van der Waals surface area contributed by atoms with Crippen LogP contribution in [0.3, 0.4) is 0 Å². The summed E-state index contributed by atoms with van der Waals surface area (Å²) in [5.74, 6) is -0.262. The average molecular weight is 287 g/mol. The topological polar surface area (TPSA) is 47.6 Å². The van der Waals surface area contributed by atoms with Gasteiger partial charge in [-0.2, -0.15) is 8.78 Å². The predicted molar refractivity (Wildman–Crippen MR) is 70.7 cm³/mol. The van der Waals surface area contributed by atoms with E-state index in [1.807, 2.05) is 13.8 Å². The highest BCUT2D eigenvalue weighted by molar-refractivity contribution is 5.71. The minimum Gasteiger partial charge on any atom is -0.469 e. The molecule has 0 aliphatic heterocycles. The van der Waals surface area contributed by atoms with Gasteiger partial charge in [0, 0.05) is 0 Å². The molecule has 0 aromatic heterocycles. The van der Waals surface area contributed by atoms with Crippen molar-refractivity contribution >= 4 is 5.97 Å². The van der Waals surface area contributed by atoms with Crippen LogP contribution in [0.4, 0.5) is 8.78 Å². The zero-order valence-electron chi connectivity index (χ0n) is 11.8. The van der Waals surface area contributed by atoms with E-state index >= 15 is 0 Å². The number of hydrogen-bond acceptors (Lipinski definition) is 4. The zero-order valence-corrected chi connectivity index (χ0v) is 11.8.